The zero-order valence-electron chi connectivity index (χ0n) is 20.3. The van der Waals surface area contributed by atoms with Gasteiger partial charge in [0.1, 0.15) is 5.69 Å². The molecule has 4 aromatic rings. The van der Waals surface area contributed by atoms with Crippen LogP contribution in [0.1, 0.15) is 27.2 Å². The van der Waals surface area contributed by atoms with Crippen LogP contribution in [0.4, 0.5) is 11.4 Å². The summed E-state index contributed by atoms with van der Waals surface area (Å²) in [7, 11) is 0. The number of nitrogens with zero attached hydrogens (tertiary/aromatic N) is 3. The van der Waals surface area contributed by atoms with Crippen molar-refractivity contribution in [1.82, 2.24) is 15.1 Å². The summed E-state index contributed by atoms with van der Waals surface area (Å²) in [5, 5.41) is 9.99. The molecule has 8 nitrogen and oxygen atoms in total. The van der Waals surface area contributed by atoms with Gasteiger partial charge in [-0.1, -0.05) is 60.7 Å². The fourth-order valence-corrected chi connectivity index (χ4v) is 4.36. The van der Waals surface area contributed by atoms with Crippen LogP contribution in [0.25, 0.3) is 0 Å². The average Bonchev–Trinajstić information content (AvgIpc) is 3.32. The van der Waals surface area contributed by atoms with E-state index in [0.29, 0.717) is 12.2 Å². The van der Waals surface area contributed by atoms with Crippen molar-refractivity contribution >= 4 is 23.2 Å². The Bertz CT molecular complexity index is 1470. The molecular weight excluding hydrogens is 466 g/mol. The molecule has 5 rings (SSSR count). The van der Waals surface area contributed by atoms with E-state index in [-0.39, 0.29) is 36.2 Å². The van der Waals surface area contributed by atoms with E-state index in [1.165, 1.54) is 22.4 Å². The number of benzene rings is 3. The number of para-hydroxylation sites is 1. The molecule has 0 saturated carbocycles. The first-order valence-corrected chi connectivity index (χ1v) is 12.2. The summed E-state index contributed by atoms with van der Waals surface area (Å²) < 4.78 is 1.28. The van der Waals surface area contributed by atoms with Crippen LogP contribution in [0.15, 0.2) is 95.8 Å². The Morgan fingerprint density at radius 2 is 1.59 bits per heavy atom. The number of hydrogen-bond acceptors (Lipinski definition) is 5. The summed E-state index contributed by atoms with van der Waals surface area (Å²) in [4.78, 5) is 39.5. The Morgan fingerprint density at radius 1 is 0.838 bits per heavy atom. The third-order valence-electron chi connectivity index (χ3n) is 6.28. The second kappa shape index (κ2) is 10.9. The van der Waals surface area contributed by atoms with Gasteiger partial charge in [-0.3, -0.25) is 14.4 Å². The highest BCUT2D eigenvalue weighted by molar-refractivity contribution is 5.94. The molecule has 0 saturated heterocycles. The zero-order valence-corrected chi connectivity index (χ0v) is 20.3. The summed E-state index contributed by atoms with van der Waals surface area (Å²) in [5.74, 6) is -0.445. The topological polar surface area (TPSA) is 96.3 Å². The largest absolute Gasteiger partial charge is 0.362 e. The van der Waals surface area contributed by atoms with E-state index >= 15 is 0 Å². The minimum atomic E-state index is -0.370. The van der Waals surface area contributed by atoms with Crippen molar-refractivity contribution in [2.24, 2.45) is 0 Å². The van der Waals surface area contributed by atoms with E-state index < -0.39 is 0 Å². The van der Waals surface area contributed by atoms with Crippen LogP contribution in [-0.4, -0.2) is 34.7 Å². The summed E-state index contributed by atoms with van der Waals surface area (Å²) >= 11 is 0. The van der Waals surface area contributed by atoms with Gasteiger partial charge in [-0.05, 0) is 47.4 Å². The van der Waals surface area contributed by atoms with Crippen molar-refractivity contribution in [3.8, 4) is 0 Å². The van der Waals surface area contributed by atoms with E-state index in [0.717, 1.165) is 29.8 Å². The maximum atomic E-state index is 12.6. The van der Waals surface area contributed by atoms with Crippen LogP contribution >= 0.6 is 0 Å². The Morgan fingerprint density at radius 3 is 2.41 bits per heavy atom. The predicted molar refractivity (Wildman–Crippen MR) is 143 cm³/mol. The molecule has 0 aliphatic carbocycles. The van der Waals surface area contributed by atoms with Crippen molar-refractivity contribution in [1.29, 1.82) is 0 Å². The first kappa shape index (κ1) is 24.0. The van der Waals surface area contributed by atoms with Crippen molar-refractivity contribution < 1.29 is 9.59 Å². The molecule has 1 aliphatic rings. The molecule has 0 unspecified atom stereocenters. The van der Waals surface area contributed by atoms with E-state index in [1.54, 1.807) is 0 Å². The van der Waals surface area contributed by atoms with Crippen LogP contribution in [0.2, 0.25) is 0 Å². The molecule has 0 fully saturated rings. The van der Waals surface area contributed by atoms with Gasteiger partial charge in [-0.2, -0.15) is 5.10 Å². The number of aromatic nitrogens is 2. The van der Waals surface area contributed by atoms with E-state index in [2.05, 4.69) is 26.7 Å². The third kappa shape index (κ3) is 5.92. The average molecular weight is 494 g/mol. The first-order valence-electron chi connectivity index (χ1n) is 12.2. The summed E-state index contributed by atoms with van der Waals surface area (Å²) in [6.45, 7) is 1.72. The number of rotatable bonds is 8. The van der Waals surface area contributed by atoms with Gasteiger partial charge >= 0.3 is 0 Å². The Balaban J connectivity index is 1.14. The van der Waals surface area contributed by atoms with Crippen molar-refractivity contribution in [3.63, 3.8) is 0 Å². The van der Waals surface area contributed by atoms with Gasteiger partial charge in [-0.15, -0.1) is 0 Å². The van der Waals surface area contributed by atoms with Gasteiger partial charge in [0.15, 0.2) is 0 Å². The third-order valence-corrected chi connectivity index (χ3v) is 6.28. The van der Waals surface area contributed by atoms with Gasteiger partial charge in [0.25, 0.3) is 11.5 Å². The number of amides is 2. The van der Waals surface area contributed by atoms with E-state index in [1.807, 2.05) is 72.8 Å². The number of carbonyl (C=O) groups excluding carboxylic acids is 2. The number of hydrogen-bond donors (Lipinski definition) is 2. The second-order valence-corrected chi connectivity index (χ2v) is 8.93. The second-order valence-electron chi connectivity index (χ2n) is 8.93. The van der Waals surface area contributed by atoms with Gasteiger partial charge in [0.2, 0.25) is 5.91 Å². The maximum Gasteiger partial charge on any atom is 0.271 e. The van der Waals surface area contributed by atoms with Crippen LogP contribution in [-0.2, 0) is 24.3 Å². The highest BCUT2D eigenvalue weighted by Crippen LogP contribution is 2.27. The van der Waals surface area contributed by atoms with Crippen LogP contribution in [0.3, 0.4) is 0 Å². The lowest BCUT2D eigenvalue weighted by Gasteiger charge is -2.18. The van der Waals surface area contributed by atoms with Crippen molar-refractivity contribution in [2.75, 3.05) is 23.3 Å². The van der Waals surface area contributed by atoms with E-state index in [4.69, 9.17) is 0 Å². The van der Waals surface area contributed by atoms with Gasteiger partial charge in [0, 0.05) is 30.5 Å². The molecular formula is C29H27N5O3. The molecule has 8 heteroatoms. The molecule has 0 radical (unpaired) electrons. The van der Waals surface area contributed by atoms with Crippen molar-refractivity contribution in [2.45, 2.75) is 19.5 Å². The molecule has 2 amide bonds. The molecule has 37 heavy (non-hydrogen) atoms. The maximum absolute atomic E-state index is 12.6. The van der Waals surface area contributed by atoms with Crippen molar-refractivity contribution in [3.05, 3.63) is 124 Å². The number of nitrogens with one attached hydrogen (secondary N) is 2. The lowest BCUT2D eigenvalue weighted by Crippen LogP contribution is -2.31. The SMILES string of the molecule is O=C(CN1CCc2ccccc21)Nc1ccc(CNC(=O)c2ccc(=O)n(Cc3ccccc3)n2)cc1. The monoisotopic (exact) mass is 493 g/mol. The van der Waals surface area contributed by atoms with Gasteiger partial charge < -0.3 is 15.5 Å². The lowest BCUT2D eigenvalue weighted by atomic mass is 10.2. The fourth-order valence-electron chi connectivity index (χ4n) is 4.36. The molecule has 1 aromatic heterocycles. The standard InChI is InChI=1S/C29H27N5O3/c35-27(20-33-17-16-23-8-4-5-9-26(23)33)31-24-12-10-21(11-13-24)18-30-29(37)25-14-15-28(36)34(32-25)19-22-6-2-1-3-7-22/h1-15H,16-20H2,(H,30,37)(H,31,35). The Labute approximate surface area is 214 Å². The summed E-state index contributed by atoms with van der Waals surface area (Å²) in [5.41, 5.74) is 4.78. The number of anilines is 2. The van der Waals surface area contributed by atoms with E-state index in [9.17, 15) is 14.4 Å². The summed E-state index contributed by atoms with van der Waals surface area (Å²) in [6, 6.07) is 27.8. The molecule has 0 spiro atoms. The minimum absolute atomic E-state index is 0.0746. The highest BCUT2D eigenvalue weighted by Gasteiger charge is 2.20. The zero-order chi connectivity index (χ0) is 25.6. The van der Waals surface area contributed by atoms with Crippen LogP contribution in [0, 0.1) is 0 Å². The molecule has 0 atom stereocenters. The Kier molecular flexibility index (Phi) is 7.07. The predicted octanol–water partition coefficient (Wildman–Crippen LogP) is 3.22. The van der Waals surface area contributed by atoms with Crippen LogP contribution < -0.4 is 21.1 Å². The molecule has 186 valence electrons. The lowest BCUT2D eigenvalue weighted by molar-refractivity contribution is -0.115. The summed E-state index contributed by atoms with van der Waals surface area (Å²) in [6.07, 6.45) is 0.952. The number of carbonyl (C=O) groups is 2. The quantitative estimate of drug-likeness (QED) is 0.393. The normalized spacial score (nSPS) is 12.2. The first-order chi connectivity index (χ1) is 18.0. The van der Waals surface area contributed by atoms with Gasteiger partial charge in [-0.25, -0.2) is 4.68 Å². The molecule has 2 N–H and O–H groups in total. The molecule has 0 bridgehead atoms. The molecule has 3 aromatic carbocycles. The van der Waals surface area contributed by atoms with Gasteiger partial charge in [0.05, 0.1) is 13.1 Å². The molecule has 2 heterocycles. The fraction of sp³-hybridized carbons (Fsp3) is 0.172. The minimum Gasteiger partial charge on any atom is -0.362 e. The number of fused-ring (bicyclic) bond motifs is 1. The smallest absolute Gasteiger partial charge is 0.271 e. The van der Waals surface area contributed by atoms with Crippen LogP contribution in [0.5, 0.6) is 0 Å². The molecule has 1 aliphatic heterocycles. The Hall–Kier alpha value is -4.72. The highest BCUT2D eigenvalue weighted by atomic mass is 16.2.